The number of hydrogen-bond acceptors (Lipinski definition) is 2. The van der Waals surface area contributed by atoms with Crippen molar-refractivity contribution < 1.29 is 0 Å². The first kappa shape index (κ1) is 8.02. The predicted molar refractivity (Wildman–Crippen MR) is 43.6 cm³/mol. The van der Waals surface area contributed by atoms with Crippen molar-refractivity contribution >= 4 is 0 Å². The van der Waals surface area contributed by atoms with Crippen LogP contribution in [0.1, 0.15) is 19.3 Å². The van der Waals surface area contributed by atoms with Crippen molar-refractivity contribution in [2.75, 3.05) is 14.1 Å². The Morgan fingerprint density at radius 1 is 1.40 bits per heavy atom. The number of nitrogens with zero attached hydrogens (tertiary/aromatic N) is 1. The van der Waals surface area contributed by atoms with E-state index in [9.17, 15) is 0 Å². The molecular weight excluding hydrogens is 124 g/mol. The maximum atomic E-state index is 3.99. The first-order valence-corrected chi connectivity index (χ1v) is 3.95. The summed E-state index contributed by atoms with van der Waals surface area (Å²) >= 11 is 0. The Morgan fingerprint density at radius 3 is 2.50 bits per heavy atom. The summed E-state index contributed by atoms with van der Waals surface area (Å²) in [6, 6.07) is 0.459. The molecule has 1 rings (SSSR count). The van der Waals surface area contributed by atoms with Gasteiger partial charge in [0.25, 0.3) is 0 Å². The summed E-state index contributed by atoms with van der Waals surface area (Å²) in [4.78, 5) is 2.22. The van der Waals surface area contributed by atoms with E-state index < -0.39 is 0 Å². The third-order valence-electron chi connectivity index (χ3n) is 2.08. The van der Waals surface area contributed by atoms with Gasteiger partial charge in [0.15, 0.2) is 0 Å². The molecule has 1 fully saturated rings. The van der Waals surface area contributed by atoms with Crippen LogP contribution in [0.2, 0.25) is 0 Å². The van der Waals surface area contributed by atoms with Gasteiger partial charge in [-0.05, 0) is 40.3 Å². The maximum Gasteiger partial charge on any atom is 0.0594 e. The van der Waals surface area contributed by atoms with Gasteiger partial charge in [0.05, 0.1) is 6.17 Å². The minimum Gasteiger partial charge on any atom is -0.299 e. The van der Waals surface area contributed by atoms with Crippen LogP contribution in [0.5, 0.6) is 0 Å². The standard InChI is InChI=1S/C8H17N2/c1-7-5-4-6-8(9-7)10(2)3/h7-9H,1,4-6H2,2-3H3. The second-order valence-corrected chi connectivity index (χ2v) is 3.27. The van der Waals surface area contributed by atoms with Gasteiger partial charge in [0, 0.05) is 6.04 Å². The van der Waals surface area contributed by atoms with E-state index >= 15 is 0 Å². The van der Waals surface area contributed by atoms with E-state index in [0.29, 0.717) is 12.2 Å². The SMILES string of the molecule is [CH2]C1CCCC(N(C)C)N1. The Morgan fingerprint density at radius 2 is 2.10 bits per heavy atom. The summed E-state index contributed by atoms with van der Waals surface area (Å²) in [6.45, 7) is 3.99. The highest BCUT2D eigenvalue weighted by Crippen LogP contribution is 2.12. The highest BCUT2D eigenvalue weighted by molar-refractivity contribution is 4.79. The van der Waals surface area contributed by atoms with Gasteiger partial charge in [0.1, 0.15) is 0 Å². The van der Waals surface area contributed by atoms with Crippen molar-refractivity contribution in [3.63, 3.8) is 0 Å². The Hall–Kier alpha value is -0.0800. The summed E-state index contributed by atoms with van der Waals surface area (Å²) in [7, 11) is 4.21. The van der Waals surface area contributed by atoms with Crippen LogP contribution in [0, 0.1) is 6.92 Å². The Balaban J connectivity index is 2.32. The van der Waals surface area contributed by atoms with E-state index in [0.717, 1.165) is 0 Å². The molecule has 0 saturated carbocycles. The van der Waals surface area contributed by atoms with Crippen molar-refractivity contribution in [2.24, 2.45) is 0 Å². The quantitative estimate of drug-likeness (QED) is 0.582. The van der Waals surface area contributed by atoms with E-state index in [1.165, 1.54) is 19.3 Å². The number of piperidine rings is 1. The lowest BCUT2D eigenvalue weighted by Gasteiger charge is -2.33. The van der Waals surface area contributed by atoms with Crippen LogP contribution in [0.4, 0.5) is 0 Å². The van der Waals surface area contributed by atoms with Crippen LogP contribution in [0.3, 0.4) is 0 Å². The Kier molecular flexibility index (Phi) is 2.69. The summed E-state index contributed by atoms with van der Waals surface area (Å²) < 4.78 is 0. The van der Waals surface area contributed by atoms with Crippen molar-refractivity contribution in [2.45, 2.75) is 31.5 Å². The molecule has 1 heterocycles. The molecular formula is C8H17N2. The fraction of sp³-hybridized carbons (Fsp3) is 0.875. The van der Waals surface area contributed by atoms with Crippen molar-refractivity contribution in [3.8, 4) is 0 Å². The summed E-state index contributed by atoms with van der Waals surface area (Å²) in [6.07, 6.45) is 4.35. The fourth-order valence-electron chi connectivity index (χ4n) is 1.40. The summed E-state index contributed by atoms with van der Waals surface area (Å²) in [5.41, 5.74) is 0. The maximum absolute atomic E-state index is 3.99. The first-order valence-electron chi connectivity index (χ1n) is 3.95. The Labute approximate surface area is 63.6 Å². The molecule has 0 aromatic carbocycles. The molecule has 2 nitrogen and oxygen atoms in total. The molecule has 0 aliphatic carbocycles. The van der Waals surface area contributed by atoms with Gasteiger partial charge in [0.2, 0.25) is 0 Å². The minimum atomic E-state index is 0.459. The smallest absolute Gasteiger partial charge is 0.0594 e. The zero-order valence-corrected chi connectivity index (χ0v) is 6.93. The normalized spacial score (nSPS) is 34.8. The van der Waals surface area contributed by atoms with Crippen LogP contribution < -0.4 is 5.32 Å². The number of rotatable bonds is 1. The van der Waals surface area contributed by atoms with Crippen LogP contribution in [0.25, 0.3) is 0 Å². The largest absolute Gasteiger partial charge is 0.299 e. The van der Waals surface area contributed by atoms with Crippen molar-refractivity contribution in [3.05, 3.63) is 6.92 Å². The fourth-order valence-corrected chi connectivity index (χ4v) is 1.40. The molecule has 1 radical (unpaired) electrons. The van der Waals surface area contributed by atoms with E-state index in [2.05, 4.69) is 31.2 Å². The zero-order valence-electron chi connectivity index (χ0n) is 6.93. The highest BCUT2D eigenvalue weighted by Gasteiger charge is 2.18. The molecule has 2 unspecified atom stereocenters. The molecule has 1 aliphatic rings. The molecule has 2 heteroatoms. The third-order valence-corrected chi connectivity index (χ3v) is 2.08. The number of hydrogen-bond donors (Lipinski definition) is 1. The molecule has 0 bridgehead atoms. The van der Waals surface area contributed by atoms with Crippen LogP contribution in [-0.4, -0.2) is 31.2 Å². The Bertz CT molecular complexity index is 101. The van der Waals surface area contributed by atoms with Gasteiger partial charge in [-0.1, -0.05) is 0 Å². The predicted octanol–water partition coefficient (Wildman–Crippen LogP) is 0.850. The molecule has 0 aromatic rings. The van der Waals surface area contributed by atoms with E-state index in [1.54, 1.807) is 0 Å². The van der Waals surface area contributed by atoms with E-state index in [4.69, 9.17) is 0 Å². The third kappa shape index (κ3) is 1.96. The average molecular weight is 141 g/mol. The van der Waals surface area contributed by atoms with Crippen molar-refractivity contribution in [1.82, 2.24) is 10.2 Å². The molecule has 2 atom stereocenters. The van der Waals surface area contributed by atoms with Crippen LogP contribution in [-0.2, 0) is 0 Å². The van der Waals surface area contributed by atoms with Crippen LogP contribution >= 0.6 is 0 Å². The van der Waals surface area contributed by atoms with E-state index in [-0.39, 0.29) is 0 Å². The summed E-state index contributed by atoms with van der Waals surface area (Å²) in [5, 5.41) is 3.43. The first-order chi connectivity index (χ1) is 4.70. The second kappa shape index (κ2) is 3.35. The highest BCUT2D eigenvalue weighted by atomic mass is 15.2. The van der Waals surface area contributed by atoms with Gasteiger partial charge in [-0.25, -0.2) is 0 Å². The minimum absolute atomic E-state index is 0.459. The summed E-state index contributed by atoms with van der Waals surface area (Å²) in [5.74, 6) is 0. The molecule has 10 heavy (non-hydrogen) atoms. The molecule has 1 N–H and O–H groups in total. The van der Waals surface area contributed by atoms with E-state index in [1.807, 2.05) is 0 Å². The monoisotopic (exact) mass is 141 g/mol. The lowest BCUT2D eigenvalue weighted by atomic mass is 10.0. The van der Waals surface area contributed by atoms with Gasteiger partial charge < -0.3 is 0 Å². The average Bonchev–Trinajstić information content (AvgIpc) is 1.88. The molecule has 59 valence electrons. The zero-order chi connectivity index (χ0) is 7.56. The molecule has 1 saturated heterocycles. The van der Waals surface area contributed by atoms with Gasteiger partial charge in [-0.2, -0.15) is 0 Å². The lowest BCUT2D eigenvalue weighted by molar-refractivity contribution is 0.185. The molecule has 1 aliphatic heterocycles. The van der Waals surface area contributed by atoms with Crippen LogP contribution in [0.15, 0.2) is 0 Å². The number of nitrogens with one attached hydrogen (secondary N) is 1. The molecule has 0 aromatic heterocycles. The van der Waals surface area contributed by atoms with Gasteiger partial charge in [-0.3, -0.25) is 10.2 Å². The van der Waals surface area contributed by atoms with Gasteiger partial charge >= 0.3 is 0 Å². The van der Waals surface area contributed by atoms with Crippen molar-refractivity contribution in [1.29, 1.82) is 0 Å². The molecule has 0 amide bonds. The molecule has 0 spiro atoms. The topological polar surface area (TPSA) is 15.3 Å². The van der Waals surface area contributed by atoms with Gasteiger partial charge in [-0.15, -0.1) is 0 Å². The lowest BCUT2D eigenvalue weighted by Crippen LogP contribution is -2.48. The second-order valence-electron chi connectivity index (χ2n) is 3.27.